The molecule has 1 aromatic heterocycles. The van der Waals surface area contributed by atoms with E-state index in [2.05, 4.69) is 10.4 Å². The molecule has 0 radical (unpaired) electrons. The van der Waals surface area contributed by atoms with Gasteiger partial charge < -0.3 is 10.1 Å². The fourth-order valence-electron chi connectivity index (χ4n) is 2.79. The summed E-state index contributed by atoms with van der Waals surface area (Å²) in [5.41, 5.74) is 1.64. The SMILES string of the molecule is COc1ccccc1-c1ccc(=O)n(CC(=O)Nc2ccc([N+](=O)[O-])cc2C)n1. The predicted molar refractivity (Wildman–Crippen MR) is 107 cm³/mol. The third-order valence-corrected chi connectivity index (χ3v) is 4.24. The van der Waals surface area contributed by atoms with Crippen LogP contribution in [0.4, 0.5) is 11.4 Å². The molecule has 1 heterocycles. The van der Waals surface area contributed by atoms with Crippen molar-refractivity contribution in [2.75, 3.05) is 12.4 Å². The fraction of sp³-hybridized carbons (Fsp3) is 0.150. The average Bonchev–Trinajstić information content (AvgIpc) is 2.71. The number of aromatic nitrogens is 2. The first-order valence-electron chi connectivity index (χ1n) is 8.65. The molecule has 29 heavy (non-hydrogen) atoms. The molecule has 9 nitrogen and oxygen atoms in total. The zero-order chi connectivity index (χ0) is 21.0. The van der Waals surface area contributed by atoms with Gasteiger partial charge in [0.1, 0.15) is 12.3 Å². The first kappa shape index (κ1) is 19.7. The molecule has 0 atom stereocenters. The van der Waals surface area contributed by atoms with Crippen LogP contribution in [-0.2, 0) is 11.3 Å². The third kappa shape index (κ3) is 4.46. The molecule has 3 aromatic rings. The predicted octanol–water partition coefficient (Wildman–Crippen LogP) is 2.77. The maximum Gasteiger partial charge on any atom is 0.269 e. The zero-order valence-electron chi connectivity index (χ0n) is 15.8. The summed E-state index contributed by atoms with van der Waals surface area (Å²) >= 11 is 0. The summed E-state index contributed by atoms with van der Waals surface area (Å²) in [6.07, 6.45) is 0. The van der Waals surface area contributed by atoms with Gasteiger partial charge in [-0.3, -0.25) is 19.7 Å². The standard InChI is InChI=1S/C20H18N4O5/c1-13-11-14(24(27)28)7-8-16(13)21-19(25)12-23-20(26)10-9-17(22-23)15-5-3-4-6-18(15)29-2/h3-11H,12H2,1-2H3,(H,21,25). The molecule has 148 valence electrons. The lowest BCUT2D eigenvalue weighted by Crippen LogP contribution is -2.29. The Balaban J connectivity index is 1.82. The molecular formula is C20H18N4O5. The molecule has 0 saturated carbocycles. The summed E-state index contributed by atoms with van der Waals surface area (Å²) in [4.78, 5) is 34.9. The van der Waals surface area contributed by atoms with Gasteiger partial charge in [-0.2, -0.15) is 5.10 Å². The van der Waals surface area contributed by atoms with Crippen molar-refractivity contribution < 1.29 is 14.5 Å². The number of non-ortho nitro benzene ring substituents is 1. The van der Waals surface area contributed by atoms with Crippen LogP contribution in [0.1, 0.15) is 5.56 Å². The number of nitro groups is 1. The molecule has 0 bridgehead atoms. The number of methoxy groups -OCH3 is 1. The van der Waals surface area contributed by atoms with E-state index >= 15 is 0 Å². The van der Waals surface area contributed by atoms with Gasteiger partial charge in [-0.05, 0) is 36.8 Å². The summed E-state index contributed by atoms with van der Waals surface area (Å²) in [7, 11) is 1.54. The van der Waals surface area contributed by atoms with E-state index in [9.17, 15) is 19.7 Å². The molecule has 0 aliphatic rings. The number of para-hydroxylation sites is 1. The van der Waals surface area contributed by atoms with E-state index in [-0.39, 0.29) is 12.2 Å². The van der Waals surface area contributed by atoms with Gasteiger partial charge in [0.25, 0.3) is 11.2 Å². The van der Waals surface area contributed by atoms with E-state index in [4.69, 9.17) is 4.74 Å². The fourth-order valence-corrected chi connectivity index (χ4v) is 2.79. The molecule has 0 unspecified atom stereocenters. The van der Waals surface area contributed by atoms with Crippen molar-refractivity contribution in [2.45, 2.75) is 13.5 Å². The number of anilines is 1. The number of aryl methyl sites for hydroxylation is 1. The molecule has 2 aromatic carbocycles. The normalized spacial score (nSPS) is 10.4. The minimum atomic E-state index is -0.508. The molecule has 3 rings (SSSR count). The summed E-state index contributed by atoms with van der Waals surface area (Å²) in [6.45, 7) is 1.34. The summed E-state index contributed by atoms with van der Waals surface area (Å²) in [5.74, 6) is 0.116. The van der Waals surface area contributed by atoms with E-state index in [0.29, 0.717) is 28.3 Å². The van der Waals surface area contributed by atoms with Crippen molar-refractivity contribution in [3.8, 4) is 17.0 Å². The second kappa shape index (κ2) is 8.34. The molecule has 0 aliphatic heterocycles. The Morgan fingerprint density at radius 1 is 1.21 bits per heavy atom. The van der Waals surface area contributed by atoms with Crippen LogP contribution in [-0.4, -0.2) is 27.7 Å². The lowest BCUT2D eigenvalue weighted by molar-refractivity contribution is -0.384. The zero-order valence-corrected chi connectivity index (χ0v) is 15.8. The van der Waals surface area contributed by atoms with Crippen molar-refractivity contribution in [1.29, 1.82) is 0 Å². The Kier molecular flexibility index (Phi) is 5.68. The minimum absolute atomic E-state index is 0.0668. The molecule has 0 saturated heterocycles. The molecule has 9 heteroatoms. The van der Waals surface area contributed by atoms with Crippen LogP contribution in [0.3, 0.4) is 0 Å². The topological polar surface area (TPSA) is 116 Å². The maximum absolute atomic E-state index is 12.4. The second-order valence-electron chi connectivity index (χ2n) is 6.22. The number of carbonyl (C=O) groups is 1. The van der Waals surface area contributed by atoms with Crippen LogP contribution >= 0.6 is 0 Å². The van der Waals surface area contributed by atoms with Crippen LogP contribution in [0.5, 0.6) is 5.75 Å². The molecule has 0 spiro atoms. The van der Waals surface area contributed by atoms with Crippen molar-refractivity contribution in [3.05, 3.63) is 80.6 Å². The van der Waals surface area contributed by atoms with Crippen LogP contribution < -0.4 is 15.6 Å². The van der Waals surface area contributed by atoms with E-state index in [1.807, 2.05) is 12.1 Å². The highest BCUT2D eigenvalue weighted by Gasteiger charge is 2.13. The number of nitrogens with one attached hydrogen (secondary N) is 1. The molecule has 0 aliphatic carbocycles. The lowest BCUT2D eigenvalue weighted by atomic mass is 10.1. The van der Waals surface area contributed by atoms with Crippen LogP contribution in [0.15, 0.2) is 59.4 Å². The number of amides is 1. The summed E-state index contributed by atoms with van der Waals surface area (Å²) < 4.78 is 6.37. The Labute approximate surface area is 165 Å². The Morgan fingerprint density at radius 3 is 2.66 bits per heavy atom. The first-order valence-corrected chi connectivity index (χ1v) is 8.65. The van der Waals surface area contributed by atoms with Crippen molar-refractivity contribution >= 4 is 17.3 Å². The minimum Gasteiger partial charge on any atom is -0.496 e. The van der Waals surface area contributed by atoms with Gasteiger partial charge >= 0.3 is 0 Å². The number of nitrogens with zero attached hydrogens (tertiary/aromatic N) is 3. The quantitative estimate of drug-likeness (QED) is 0.508. The van der Waals surface area contributed by atoms with Crippen LogP contribution in [0, 0.1) is 17.0 Å². The van der Waals surface area contributed by atoms with E-state index < -0.39 is 16.4 Å². The second-order valence-corrected chi connectivity index (χ2v) is 6.22. The van der Waals surface area contributed by atoms with Gasteiger partial charge in [0, 0.05) is 29.4 Å². The van der Waals surface area contributed by atoms with Gasteiger partial charge in [-0.15, -0.1) is 0 Å². The molecule has 1 amide bonds. The number of rotatable bonds is 6. The molecule has 1 N–H and O–H groups in total. The monoisotopic (exact) mass is 394 g/mol. The average molecular weight is 394 g/mol. The number of hydrogen-bond donors (Lipinski definition) is 1. The number of ether oxygens (including phenoxy) is 1. The van der Waals surface area contributed by atoms with Crippen molar-refractivity contribution in [1.82, 2.24) is 9.78 Å². The van der Waals surface area contributed by atoms with Gasteiger partial charge in [0.2, 0.25) is 5.91 Å². The van der Waals surface area contributed by atoms with Gasteiger partial charge in [0.15, 0.2) is 0 Å². The highest BCUT2D eigenvalue weighted by atomic mass is 16.6. The number of benzene rings is 2. The van der Waals surface area contributed by atoms with Gasteiger partial charge in [0.05, 0.1) is 17.7 Å². The van der Waals surface area contributed by atoms with E-state index in [1.54, 1.807) is 25.1 Å². The van der Waals surface area contributed by atoms with Crippen LogP contribution in [0.2, 0.25) is 0 Å². The largest absolute Gasteiger partial charge is 0.496 e. The smallest absolute Gasteiger partial charge is 0.269 e. The summed E-state index contributed by atoms with van der Waals surface area (Å²) in [6, 6.07) is 14.2. The number of hydrogen-bond acceptors (Lipinski definition) is 6. The first-order chi connectivity index (χ1) is 13.9. The lowest BCUT2D eigenvalue weighted by Gasteiger charge is -2.11. The Morgan fingerprint density at radius 2 is 1.97 bits per heavy atom. The van der Waals surface area contributed by atoms with Crippen LogP contribution in [0.25, 0.3) is 11.3 Å². The van der Waals surface area contributed by atoms with Crippen molar-refractivity contribution in [3.63, 3.8) is 0 Å². The molecule has 0 fully saturated rings. The van der Waals surface area contributed by atoms with Gasteiger partial charge in [-0.25, -0.2) is 4.68 Å². The number of nitro benzene ring substituents is 1. The van der Waals surface area contributed by atoms with Crippen molar-refractivity contribution in [2.24, 2.45) is 0 Å². The summed E-state index contributed by atoms with van der Waals surface area (Å²) in [5, 5.41) is 17.7. The number of carbonyl (C=O) groups excluding carboxylic acids is 1. The van der Waals surface area contributed by atoms with E-state index in [0.717, 1.165) is 4.68 Å². The third-order valence-electron chi connectivity index (χ3n) is 4.24. The molecular weight excluding hydrogens is 376 g/mol. The van der Waals surface area contributed by atoms with E-state index in [1.165, 1.54) is 31.4 Å². The Bertz CT molecular complexity index is 1140. The van der Waals surface area contributed by atoms with Gasteiger partial charge in [-0.1, -0.05) is 12.1 Å². The Hall–Kier alpha value is -4.01. The highest BCUT2D eigenvalue weighted by molar-refractivity contribution is 5.91. The maximum atomic E-state index is 12.4. The highest BCUT2D eigenvalue weighted by Crippen LogP contribution is 2.27.